The van der Waals surface area contributed by atoms with Gasteiger partial charge in [-0.15, -0.1) is 0 Å². The summed E-state index contributed by atoms with van der Waals surface area (Å²) in [5.74, 6) is 1.92. The Balaban J connectivity index is 2.26. The Labute approximate surface area is 108 Å². The quantitative estimate of drug-likeness (QED) is 0.758. The lowest BCUT2D eigenvalue weighted by molar-refractivity contribution is 0.288. The number of ether oxygens (including phenoxy) is 1. The second-order valence-corrected chi connectivity index (χ2v) is 5.91. The molecule has 17 heavy (non-hydrogen) atoms. The highest BCUT2D eigenvalue weighted by Gasteiger charge is 2.02. The van der Waals surface area contributed by atoms with Gasteiger partial charge in [-0.2, -0.15) is 11.8 Å². The van der Waals surface area contributed by atoms with Crippen LogP contribution in [0.25, 0.3) is 0 Å². The fraction of sp³-hybridized carbons (Fsp3) is 0.571. The number of hydrogen-bond donors (Lipinski definition) is 1. The maximum absolute atomic E-state index is 8.79. The summed E-state index contributed by atoms with van der Waals surface area (Å²) in [5, 5.41) is 9.29. The van der Waals surface area contributed by atoms with Crippen molar-refractivity contribution in [2.75, 3.05) is 19.0 Å². The molecule has 1 N–H and O–H groups in total. The van der Waals surface area contributed by atoms with E-state index in [-0.39, 0.29) is 6.61 Å². The molecule has 0 aliphatic carbocycles. The number of thioether (sulfide) groups is 1. The zero-order chi connectivity index (χ0) is 12.7. The van der Waals surface area contributed by atoms with Crippen molar-refractivity contribution in [2.45, 2.75) is 32.4 Å². The van der Waals surface area contributed by atoms with Gasteiger partial charge in [0.05, 0.1) is 6.61 Å². The average Bonchev–Trinajstić information content (AvgIpc) is 2.23. The van der Waals surface area contributed by atoms with E-state index in [4.69, 9.17) is 9.84 Å². The minimum absolute atomic E-state index is 0.270. The van der Waals surface area contributed by atoms with Gasteiger partial charge < -0.3 is 9.84 Å². The predicted octanol–water partition coefficient (Wildman–Crippen LogP) is 3.19. The Hall–Kier alpha value is -0.670. The average molecular weight is 254 g/mol. The van der Waals surface area contributed by atoms with Crippen LogP contribution >= 0.6 is 11.8 Å². The molecule has 0 spiro atoms. The van der Waals surface area contributed by atoms with Gasteiger partial charge in [0.2, 0.25) is 0 Å². The maximum Gasteiger partial charge on any atom is 0.119 e. The van der Waals surface area contributed by atoms with E-state index in [2.05, 4.69) is 39.0 Å². The normalized spacial score (nSPS) is 12.5. The molecular formula is C14H22O2S. The molecule has 0 aliphatic rings. The third-order valence-corrected chi connectivity index (χ3v) is 3.69. The summed E-state index contributed by atoms with van der Waals surface area (Å²) < 4.78 is 5.71. The predicted molar refractivity (Wildman–Crippen MR) is 75.0 cm³/mol. The molecule has 0 fully saturated rings. The van der Waals surface area contributed by atoms with E-state index in [1.165, 1.54) is 11.1 Å². The van der Waals surface area contributed by atoms with Crippen LogP contribution in [0.15, 0.2) is 18.2 Å². The van der Waals surface area contributed by atoms with Crippen LogP contribution in [0.5, 0.6) is 5.75 Å². The van der Waals surface area contributed by atoms with Gasteiger partial charge in [-0.1, -0.05) is 13.0 Å². The number of aliphatic hydroxyl groups is 1. The maximum atomic E-state index is 8.79. The van der Waals surface area contributed by atoms with Crippen molar-refractivity contribution in [3.8, 4) is 5.75 Å². The zero-order valence-electron chi connectivity index (χ0n) is 10.9. The van der Waals surface area contributed by atoms with Gasteiger partial charge in [-0.05, 0) is 43.5 Å². The van der Waals surface area contributed by atoms with Crippen LogP contribution in [0.1, 0.15) is 24.5 Å². The van der Waals surface area contributed by atoms with Crippen LogP contribution in [0.2, 0.25) is 0 Å². The van der Waals surface area contributed by atoms with E-state index < -0.39 is 0 Å². The molecule has 1 unspecified atom stereocenters. The first-order valence-electron chi connectivity index (χ1n) is 6.05. The van der Waals surface area contributed by atoms with Crippen molar-refractivity contribution in [1.82, 2.24) is 0 Å². The Kier molecular flexibility index (Phi) is 6.45. The van der Waals surface area contributed by atoms with Crippen molar-refractivity contribution >= 4 is 11.8 Å². The second-order valence-electron chi connectivity index (χ2n) is 4.37. The van der Waals surface area contributed by atoms with Crippen LogP contribution < -0.4 is 4.74 Å². The van der Waals surface area contributed by atoms with Crippen LogP contribution in [0.3, 0.4) is 0 Å². The van der Waals surface area contributed by atoms with E-state index >= 15 is 0 Å². The highest BCUT2D eigenvalue weighted by Crippen LogP contribution is 2.18. The fourth-order valence-corrected chi connectivity index (χ4v) is 2.54. The fourth-order valence-electron chi connectivity index (χ4n) is 1.69. The van der Waals surface area contributed by atoms with Crippen molar-refractivity contribution in [1.29, 1.82) is 0 Å². The molecule has 0 heterocycles. The topological polar surface area (TPSA) is 29.5 Å². The second kappa shape index (κ2) is 7.62. The first kappa shape index (κ1) is 14.4. The Morgan fingerprint density at radius 1 is 1.24 bits per heavy atom. The van der Waals surface area contributed by atoms with Crippen LogP contribution in [-0.2, 0) is 0 Å². The monoisotopic (exact) mass is 254 g/mol. The Morgan fingerprint density at radius 3 is 2.47 bits per heavy atom. The van der Waals surface area contributed by atoms with Gasteiger partial charge in [0.25, 0.3) is 0 Å². The summed E-state index contributed by atoms with van der Waals surface area (Å²) in [6, 6.07) is 6.27. The van der Waals surface area contributed by atoms with E-state index in [9.17, 15) is 0 Å². The van der Waals surface area contributed by atoms with Crippen LogP contribution in [0.4, 0.5) is 0 Å². The first-order valence-corrected chi connectivity index (χ1v) is 7.10. The summed E-state index contributed by atoms with van der Waals surface area (Å²) in [7, 11) is 0. The smallest absolute Gasteiger partial charge is 0.119 e. The highest BCUT2D eigenvalue weighted by atomic mass is 32.2. The van der Waals surface area contributed by atoms with E-state index in [0.717, 1.165) is 24.5 Å². The third kappa shape index (κ3) is 5.99. The van der Waals surface area contributed by atoms with Crippen LogP contribution in [0, 0.1) is 13.8 Å². The Bertz CT molecular complexity index is 319. The van der Waals surface area contributed by atoms with E-state index in [0.29, 0.717) is 5.25 Å². The first-order chi connectivity index (χ1) is 8.11. The van der Waals surface area contributed by atoms with Gasteiger partial charge in [0.1, 0.15) is 5.75 Å². The largest absolute Gasteiger partial charge is 0.493 e. The Morgan fingerprint density at radius 2 is 1.88 bits per heavy atom. The molecule has 2 nitrogen and oxygen atoms in total. The lowest BCUT2D eigenvalue weighted by Crippen LogP contribution is -2.06. The molecule has 0 aromatic heterocycles. The van der Waals surface area contributed by atoms with E-state index in [1.54, 1.807) is 0 Å². The molecule has 96 valence electrons. The van der Waals surface area contributed by atoms with Gasteiger partial charge >= 0.3 is 0 Å². The summed E-state index contributed by atoms with van der Waals surface area (Å²) in [5.41, 5.74) is 2.47. The molecule has 0 radical (unpaired) electrons. The molecule has 0 amide bonds. The summed E-state index contributed by atoms with van der Waals surface area (Å²) in [6.07, 6.45) is 0.855. The SMILES string of the molecule is Cc1cc(C)cc(OCCSC(C)CCO)c1. The van der Waals surface area contributed by atoms with Crippen molar-refractivity contribution in [3.63, 3.8) is 0 Å². The number of rotatable bonds is 7. The third-order valence-electron chi connectivity index (χ3n) is 2.49. The lowest BCUT2D eigenvalue weighted by Gasteiger charge is -2.11. The molecule has 0 aliphatic heterocycles. The zero-order valence-corrected chi connectivity index (χ0v) is 11.7. The number of benzene rings is 1. The molecule has 3 heteroatoms. The summed E-state index contributed by atoms with van der Waals surface area (Å²) >= 11 is 1.84. The molecule has 0 saturated carbocycles. The standard InChI is InChI=1S/C14H22O2S/c1-11-8-12(2)10-14(9-11)16-6-7-17-13(3)4-5-15/h8-10,13,15H,4-7H2,1-3H3. The molecule has 1 aromatic carbocycles. The molecule has 1 rings (SSSR count). The number of aryl methyl sites for hydroxylation is 2. The molecule has 1 aromatic rings. The van der Waals surface area contributed by atoms with Crippen molar-refractivity contribution in [3.05, 3.63) is 29.3 Å². The highest BCUT2D eigenvalue weighted by molar-refractivity contribution is 7.99. The van der Waals surface area contributed by atoms with Crippen molar-refractivity contribution in [2.24, 2.45) is 0 Å². The minimum Gasteiger partial charge on any atom is -0.493 e. The molecule has 0 bridgehead atoms. The number of aliphatic hydroxyl groups excluding tert-OH is 1. The van der Waals surface area contributed by atoms with Crippen molar-refractivity contribution < 1.29 is 9.84 Å². The minimum atomic E-state index is 0.270. The van der Waals surface area contributed by atoms with E-state index in [1.807, 2.05) is 11.8 Å². The van der Waals surface area contributed by atoms with Gasteiger partial charge in [-0.3, -0.25) is 0 Å². The molecule has 1 atom stereocenters. The summed E-state index contributed by atoms with van der Waals surface area (Å²) in [4.78, 5) is 0. The lowest BCUT2D eigenvalue weighted by atomic mass is 10.1. The number of hydrogen-bond acceptors (Lipinski definition) is 3. The summed E-state index contributed by atoms with van der Waals surface area (Å²) in [6.45, 7) is 7.29. The van der Waals surface area contributed by atoms with Gasteiger partial charge in [-0.25, -0.2) is 0 Å². The van der Waals surface area contributed by atoms with Crippen LogP contribution in [-0.4, -0.2) is 29.3 Å². The van der Waals surface area contributed by atoms with Gasteiger partial charge in [0.15, 0.2) is 0 Å². The molecular weight excluding hydrogens is 232 g/mol. The van der Waals surface area contributed by atoms with Gasteiger partial charge in [0, 0.05) is 17.6 Å². The molecule has 0 saturated heterocycles.